The highest BCUT2D eigenvalue weighted by molar-refractivity contribution is 7.89. The van der Waals surface area contributed by atoms with E-state index in [1.807, 2.05) is 6.07 Å². The Morgan fingerprint density at radius 1 is 1.14 bits per heavy atom. The number of benzene rings is 2. The lowest BCUT2D eigenvalue weighted by Gasteiger charge is -2.10. The van der Waals surface area contributed by atoms with Gasteiger partial charge in [0.1, 0.15) is 0 Å². The molecule has 0 bridgehead atoms. The third-order valence-electron chi connectivity index (χ3n) is 3.73. The molecule has 0 aliphatic heterocycles. The minimum Gasteiger partial charge on any atom is -0.322 e. The number of nitrogens with zero attached hydrogens (tertiary/aromatic N) is 2. The van der Waals surface area contributed by atoms with Crippen molar-refractivity contribution in [1.82, 2.24) is 14.5 Å². The largest absolute Gasteiger partial charge is 0.322 e. The van der Waals surface area contributed by atoms with E-state index in [0.717, 1.165) is 5.69 Å². The quantitative estimate of drug-likeness (QED) is 0.641. The average molecular weight is 419 g/mol. The van der Waals surface area contributed by atoms with Crippen LogP contribution >= 0.6 is 11.6 Å². The predicted octanol–water partition coefficient (Wildman–Crippen LogP) is 3.46. The first-order chi connectivity index (χ1) is 13.2. The number of anilines is 1. The van der Waals surface area contributed by atoms with Gasteiger partial charge < -0.3 is 5.32 Å². The molecule has 0 saturated heterocycles. The van der Waals surface area contributed by atoms with Crippen molar-refractivity contribution >= 4 is 33.2 Å². The SMILES string of the molecule is CC(C)NS(=O)(=O)c1ccc(NC(=O)c2cnn(-c3cccc(Cl)c3)c2)cc1. The van der Waals surface area contributed by atoms with Crippen molar-refractivity contribution in [3.05, 3.63) is 71.5 Å². The van der Waals surface area contributed by atoms with E-state index in [0.29, 0.717) is 16.3 Å². The summed E-state index contributed by atoms with van der Waals surface area (Å²) in [5.41, 5.74) is 1.57. The van der Waals surface area contributed by atoms with E-state index in [-0.39, 0.29) is 16.8 Å². The van der Waals surface area contributed by atoms with E-state index >= 15 is 0 Å². The van der Waals surface area contributed by atoms with Gasteiger partial charge in [-0.2, -0.15) is 5.10 Å². The molecule has 0 unspecified atom stereocenters. The number of amides is 1. The summed E-state index contributed by atoms with van der Waals surface area (Å²) in [7, 11) is -3.57. The molecule has 1 amide bonds. The van der Waals surface area contributed by atoms with Gasteiger partial charge in [0.05, 0.1) is 22.3 Å². The zero-order chi connectivity index (χ0) is 20.3. The van der Waals surface area contributed by atoms with Gasteiger partial charge in [-0.3, -0.25) is 4.79 Å². The number of hydrogen-bond donors (Lipinski definition) is 2. The standard InChI is InChI=1S/C19H19ClN4O3S/c1-13(2)23-28(26,27)18-8-6-16(7-9-18)22-19(25)14-11-21-24(12-14)17-5-3-4-15(20)10-17/h3-13,23H,1-2H3,(H,22,25). The second-order valence-corrected chi connectivity index (χ2v) is 8.56. The van der Waals surface area contributed by atoms with E-state index in [4.69, 9.17) is 11.6 Å². The molecule has 1 aromatic heterocycles. The fraction of sp³-hybridized carbons (Fsp3) is 0.158. The molecule has 0 aliphatic carbocycles. The number of halogens is 1. The number of hydrogen-bond acceptors (Lipinski definition) is 4. The van der Waals surface area contributed by atoms with Gasteiger partial charge in [0, 0.05) is 22.9 Å². The van der Waals surface area contributed by atoms with E-state index in [9.17, 15) is 13.2 Å². The first kappa shape index (κ1) is 20.1. The number of carbonyl (C=O) groups excluding carboxylic acids is 1. The number of carbonyl (C=O) groups is 1. The van der Waals surface area contributed by atoms with Gasteiger partial charge in [0.15, 0.2) is 0 Å². The zero-order valence-corrected chi connectivity index (χ0v) is 16.8. The summed E-state index contributed by atoms with van der Waals surface area (Å²) >= 11 is 5.98. The Kier molecular flexibility index (Phi) is 5.83. The fourth-order valence-corrected chi connectivity index (χ4v) is 3.93. The molecule has 0 spiro atoms. The molecule has 2 aromatic carbocycles. The maximum atomic E-state index is 12.4. The average Bonchev–Trinajstić information content (AvgIpc) is 3.11. The lowest BCUT2D eigenvalue weighted by molar-refractivity contribution is 0.102. The van der Waals surface area contributed by atoms with Crippen molar-refractivity contribution in [2.45, 2.75) is 24.8 Å². The molecular formula is C19H19ClN4O3S. The second-order valence-electron chi connectivity index (χ2n) is 6.41. The molecule has 9 heteroatoms. The lowest BCUT2D eigenvalue weighted by Crippen LogP contribution is -2.30. The van der Waals surface area contributed by atoms with Crippen LogP contribution in [0.1, 0.15) is 24.2 Å². The molecule has 2 N–H and O–H groups in total. The first-order valence-electron chi connectivity index (χ1n) is 8.49. The second kappa shape index (κ2) is 8.14. The minimum atomic E-state index is -3.57. The van der Waals surface area contributed by atoms with E-state index < -0.39 is 10.0 Å². The van der Waals surface area contributed by atoms with Crippen molar-refractivity contribution in [1.29, 1.82) is 0 Å². The van der Waals surface area contributed by atoms with Gasteiger partial charge in [-0.1, -0.05) is 17.7 Å². The van der Waals surface area contributed by atoms with Gasteiger partial charge in [-0.05, 0) is 56.3 Å². The highest BCUT2D eigenvalue weighted by atomic mass is 35.5. The highest BCUT2D eigenvalue weighted by Crippen LogP contribution is 2.17. The Balaban J connectivity index is 1.72. The zero-order valence-electron chi connectivity index (χ0n) is 15.3. The van der Waals surface area contributed by atoms with Crippen molar-refractivity contribution in [2.24, 2.45) is 0 Å². The molecule has 0 radical (unpaired) electrons. The molecule has 28 heavy (non-hydrogen) atoms. The summed E-state index contributed by atoms with van der Waals surface area (Å²) < 4.78 is 28.3. The van der Waals surface area contributed by atoms with Crippen LogP contribution < -0.4 is 10.0 Å². The van der Waals surface area contributed by atoms with Crippen LogP contribution in [0.2, 0.25) is 5.02 Å². The van der Waals surface area contributed by atoms with Gasteiger partial charge in [0.2, 0.25) is 10.0 Å². The Labute approximate surface area is 168 Å². The number of rotatable bonds is 6. The summed E-state index contributed by atoms with van der Waals surface area (Å²) in [4.78, 5) is 12.6. The molecule has 146 valence electrons. The molecule has 0 saturated carbocycles. The summed E-state index contributed by atoms with van der Waals surface area (Å²) in [6.45, 7) is 3.49. The molecule has 7 nitrogen and oxygen atoms in total. The summed E-state index contributed by atoms with van der Waals surface area (Å²) in [6, 6.07) is 12.9. The van der Waals surface area contributed by atoms with Crippen molar-refractivity contribution in [3.63, 3.8) is 0 Å². The van der Waals surface area contributed by atoms with Crippen LogP contribution in [0.3, 0.4) is 0 Å². The molecule has 0 aliphatic rings. The van der Waals surface area contributed by atoms with Crippen LogP contribution in [0, 0.1) is 0 Å². The van der Waals surface area contributed by atoms with Crippen LogP contribution in [0.15, 0.2) is 65.8 Å². The first-order valence-corrected chi connectivity index (χ1v) is 10.3. The van der Waals surface area contributed by atoms with E-state index in [1.165, 1.54) is 30.5 Å². The number of nitrogens with one attached hydrogen (secondary N) is 2. The van der Waals surface area contributed by atoms with Crippen LogP contribution in [-0.2, 0) is 10.0 Å². The third-order valence-corrected chi connectivity index (χ3v) is 5.64. The molecule has 0 atom stereocenters. The van der Waals surface area contributed by atoms with Crippen LogP contribution in [0.4, 0.5) is 5.69 Å². The third kappa shape index (κ3) is 4.78. The Morgan fingerprint density at radius 2 is 1.86 bits per heavy atom. The Morgan fingerprint density at radius 3 is 2.50 bits per heavy atom. The Bertz CT molecular complexity index is 1090. The lowest BCUT2D eigenvalue weighted by atomic mass is 10.3. The molecule has 3 aromatic rings. The van der Waals surface area contributed by atoms with Crippen LogP contribution in [-0.4, -0.2) is 30.1 Å². The Hall–Kier alpha value is -2.68. The normalized spacial score (nSPS) is 11.6. The summed E-state index contributed by atoms with van der Waals surface area (Å²) in [5, 5.41) is 7.46. The highest BCUT2D eigenvalue weighted by Gasteiger charge is 2.16. The summed E-state index contributed by atoms with van der Waals surface area (Å²) in [5.74, 6) is -0.357. The monoisotopic (exact) mass is 418 g/mol. The van der Waals surface area contributed by atoms with Crippen LogP contribution in [0.25, 0.3) is 5.69 Å². The van der Waals surface area contributed by atoms with Gasteiger partial charge in [0.25, 0.3) is 5.91 Å². The van der Waals surface area contributed by atoms with Crippen molar-refractivity contribution in [2.75, 3.05) is 5.32 Å². The summed E-state index contributed by atoms with van der Waals surface area (Å²) in [6.07, 6.45) is 3.04. The molecule has 1 heterocycles. The van der Waals surface area contributed by atoms with E-state index in [1.54, 1.807) is 42.9 Å². The number of sulfonamides is 1. The van der Waals surface area contributed by atoms with Gasteiger partial charge in [-0.15, -0.1) is 0 Å². The fourth-order valence-electron chi connectivity index (χ4n) is 2.50. The van der Waals surface area contributed by atoms with Crippen molar-refractivity contribution in [3.8, 4) is 5.69 Å². The van der Waals surface area contributed by atoms with E-state index in [2.05, 4.69) is 15.1 Å². The number of aromatic nitrogens is 2. The van der Waals surface area contributed by atoms with Gasteiger partial charge >= 0.3 is 0 Å². The molecule has 0 fully saturated rings. The molecule has 3 rings (SSSR count). The molecular weight excluding hydrogens is 400 g/mol. The van der Waals surface area contributed by atoms with Crippen molar-refractivity contribution < 1.29 is 13.2 Å². The maximum absolute atomic E-state index is 12.4. The minimum absolute atomic E-state index is 0.132. The smallest absolute Gasteiger partial charge is 0.258 e. The topological polar surface area (TPSA) is 93.1 Å². The van der Waals surface area contributed by atoms with Crippen LogP contribution in [0.5, 0.6) is 0 Å². The van der Waals surface area contributed by atoms with Gasteiger partial charge in [-0.25, -0.2) is 17.8 Å². The maximum Gasteiger partial charge on any atom is 0.258 e. The predicted molar refractivity (Wildman–Crippen MR) is 108 cm³/mol.